The summed E-state index contributed by atoms with van der Waals surface area (Å²) in [6.07, 6.45) is 1.61. The van der Waals surface area contributed by atoms with Gasteiger partial charge in [-0.3, -0.25) is 4.79 Å². The van der Waals surface area contributed by atoms with Crippen molar-refractivity contribution in [1.29, 1.82) is 0 Å². The maximum Gasteiger partial charge on any atom is 0.223 e. The SMILES string of the molecule is O=C(NCCSCCCO)C1CC1c1cccc(F)c1. The fourth-order valence-corrected chi connectivity index (χ4v) is 3.02. The number of carbonyl (C=O) groups excluding carboxylic acids is 1. The van der Waals surface area contributed by atoms with E-state index in [2.05, 4.69) is 5.32 Å². The molecule has 110 valence electrons. The Kier molecular flexibility index (Phi) is 5.86. The molecule has 0 heterocycles. The minimum absolute atomic E-state index is 0.000702. The third-order valence-electron chi connectivity index (χ3n) is 3.40. The highest BCUT2D eigenvalue weighted by Gasteiger charge is 2.43. The molecule has 0 saturated heterocycles. The number of benzene rings is 1. The molecule has 1 aromatic rings. The van der Waals surface area contributed by atoms with Crippen LogP contribution < -0.4 is 5.32 Å². The van der Waals surface area contributed by atoms with E-state index in [1.54, 1.807) is 17.8 Å². The average molecular weight is 297 g/mol. The first-order valence-corrected chi connectivity index (χ1v) is 8.09. The number of halogens is 1. The zero-order valence-electron chi connectivity index (χ0n) is 11.3. The molecule has 2 N–H and O–H groups in total. The predicted octanol–water partition coefficient (Wildman–Crippen LogP) is 2.16. The molecule has 0 spiro atoms. The number of amides is 1. The van der Waals surface area contributed by atoms with Crippen LogP contribution in [0.2, 0.25) is 0 Å². The Morgan fingerprint density at radius 2 is 2.30 bits per heavy atom. The van der Waals surface area contributed by atoms with Crippen LogP contribution in [0.1, 0.15) is 24.3 Å². The van der Waals surface area contributed by atoms with Crippen molar-refractivity contribution in [1.82, 2.24) is 5.32 Å². The molecule has 2 atom stereocenters. The molecule has 5 heteroatoms. The first kappa shape index (κ1) is 15.3. The second-order valence-corrected chi connectivity index (χ2v) is 6.21. The number of nitrogens with one attached hydrogen (secondary N) is 1. The van der Waals surface area contributed by atoms with Gasteiger partial charge in [0.1, 0.15) is 5.82 Å². The zero-order valence-corrected chi connectivity index (χ0v) is 12.2. The lowest BCUT2D eigenvalue weighted by atomic mass is 10.1. The average Bonchev–Trinajstić information content (AvgIpc) is 3.23. The largest absolute Gasteiger partial charge is 0.396 e. The summed E-state index contributed by atoms with van der Waals surface area (Å²) in [6.45, 7) is 0.873. The molecule has 0 aliphatic heterocycles. The molecule has 0 bridgehead atoms. The molecule has 2 rings (SSSR count). The van der Waals surface area contributed by atoms with E-state index < -0.39 is 0 Å². The van der Waals surface area contributed by atoms with Crippen LogP contribution in [0.3, 0.4) is 0 Å². The Morgan fingerprint density at radius 1 is 1.45 bits per heavy atom. The molecule has 20 heavy (non-hydrogen) atoms. The van der Waals surface area contributed by atoms with Crippen LogP contribution in [0.5, 0.6) is 0 Å². The highest BCUT2D eigenvalue weighted by atomic mass is 32.2. The van der Waals surface area contributed by atoms with E-state index in [0.717, 1.165) is 29.9 Å². The third-order valence-corrected chi connectivity index (χ3v) is 4.47. The first-order chi connectivity index (χ1) is 9.72. The second kappa shape index (κ2) is 7.64. The second-order valence-electron chi connectivity index (χ2n) is 4.98. The van der Waals surface area contributed by atoms with Gasteiger partial charge in [-0.1, -0.05) is 12.1 Å². The molecule has 1 aliphatic rings. The summed E-state index contributed by atoms with van der Waals surface area (Å²) in [5.74, 6) is 1.79. The van der Waals surface area contributed by atoms with Gasteiger partial charge in [-0.15, -0.1) is 0 Å². The minimum Gasteiger partial charge on any atom is -0.396 e. The number of thioether (sulfide) groups is 1. The highest BCUT2D eigenvalue weighted by molar-refractivity contribution is 7.99. The molecule has 1 saturated carbocycles. The van der Waals surface area contributed by atoms with Gasteiger partial charge in [0, 0.05) is 24.8 Å². The van der Waals surface area contributed by atoms with Crippen molar-refractivity contribution in [2.75, 3.05) is 24.7 Å². The van der Waals surface area contributed by atoms with Crippen LogP contribution in [0.4, 0.5) is 4.39 Å². The van der Waals surface area contributed by atoms with Gasteiger partial charge in [0.05, 0.1) is 0 Å². The van der Waals surface area contributed by atoms with Crippen molar-refractivity contribution in [3.63, 3.8) is 0 Å². The fraction of sp³-hybridized carbons (Fsp3) is 0.533. The van der Waals surface area contributed by atoms with Crippen LogP contribution in [-0.4, -0.2) is 35.7 Å². The summed E-state index contributed by atoms with van der Waals surface area (Å²) >= 11 is 1.73. The van der Waals surface area contributed by atoms with Gasteiger partial charge in [-0.25, -0.2) is 4.39 Å². The van der Waals surface area contributed by atoms with Gasteiger partial charge in [-0.05, 0) is 42.2 Å². The van der Waals surface area contributed by atoms with E-state index in [4.69, 9.17) is 5.11 Å². The zero-order chi connectivity index (χ0) is 14.4. The Hall–Kier alpha value is -1.07. The number of hydrogen-bond donors (Lipinski definition) is 2. The maximum absolute atomic E-state index is 13.1. The van der Waals surface area contributed by atoms with Gasteiger partial charge in [0.2, 0.25) is 5.91 Å². The van der Waals surface area contributed by atoms with E-state index in [-0.39, 0.29) is 30.2 Å². The van der Waals surface area contributed by atoms with E-state index in [1.165, 1.54) is 12.1 Å². The van der Waals surface area contributed by atoms with Crippen molar-refractivity contribution >= 4 is 17.7 Å². The first-order valence-electron chi connectivity index (χ1n) is 6.94. The summed E-state index contributed by atoms with van der Waals surface area (Å²) in [5, 5.41) is 11.6. The summed E-state index contributed by atoms with van der Waals surface area (Å²) in [4.78, 5) is 11.9. The summed E-state index contributed by atoms with van der Waals surface area (Å²) in [5.41, 5.74) is 0.919. The number of aliphatic hydroxyl groups excluding tert-OH is 1. The molecule has 2 unspecified atom stereocenters. The minimum atomic E-state index is -0.242. The van der Waals surface area contributed by atoms with E-state index in [1.807, 2.05) is 6.07 Å². The smallest absolute Gasteiger partial charge is 0.223 e. The number of carbonyl (C=O) groups is 1. The van der Waals surface area contributed by atoms with Crippen LogP contribution in [0, 0.1) is 11.7 Å². The predicted molar refractivity (Wildman–Crippen MR) is 79.3 cm³/mol. The van der Waals surface area contributed by atoms with Crippen molar-refractivity contribution in [3.05, 3.63) is 35.6 Å². The van der Waals surface area contributed by atoms with Gasteiger partial charge in [-0.2, -0.15) is 11.8 Å². The van der Waals surface area contributed by atoms with E-state index in [0.29, 0.717) is 6.54 Å². The van der Waals surface area contributed by atoms with Gasteiger partial charge >= 0.3 is 0 Å². The molecule has 1 aliphatic carbocycles. The summed E-state index contributed by atoms with van der Waals surface area (Å²) < 4.78 is 13.1. The van der Waals surface area contributed by atoms with Gasteiger partial charge in [0.15, 0.2) is 0 Å². The quantitative estimate of drug-likeness (QED) is 0.723. The Balaban J connectivity index is 1.66. The lowest BCUT2D eigenvalue weighted by molar-refractivity contribution is -0.122. The van der Waals surface area contributed by atoms with Crippen molar-refractivity contribution < 1.29 is 14.3 Å². The normalized spacial score (nSPS) is 20.7. The molecule has 0 aromatic heterocycles. The fourth-order valence-electron chi connectivity index (χ4n) is 2.24. The topological polar surface area (TPSA) is 49.3 Å². The maximum atomic E-state index is 13.1. The number of rotatable bonds is 8. The van der Waals surface area contributed by atoms with Crippen molar-refractivity contribution in [3.8, 4) is 0 Å². The van der Waals surface area contributed by atoms with Crippen LogP contribution in [0.25, 0.3) is 0 Å². The molecule has 1 amide bonds. The third kappa shape index (κ3) is 4.49. The standard InChI is InChI=1S/C15H20FNO2S/c16-12-4-1-3-11(9-12)13-10-14(13)15(19)17-5-8-20-7-2-6-18/h1,3-4,9,13-14,18H,2,5-8,10H2,(H,17,19). The van der Waals surface area contributed by atoms with Crippen molar-refractivity contribution in [2.45, 2.75) is 18.8 Å². The Morgan fingerprint density at radius 3 is 3.05 bits per heavy atom. The van der Waals surface area contributed by atoms with Gasteiger partial charge in [0.25, 0.3) is 0 Å². The van der Waals surface area contributed by atoms with Crippen molar-refractivity contribution in [2.24, 2.45) is 5.92 Å². The van der Waals surface area contributed by atoms with E-state index in [9.17, 15) is 9.18 Å². The molecular formula is C15H20FNO2S. The summed E-state index contributed by atoms with van der Waals surface area (Å²) in [6, 6.07) is 6.51. The van der Waals surface area contributed by atoms with Gasteiger partial charge < -0.3 is 10.4 Å². The van der Waals surface area contributed by atoms with E-state index >= 15 is 0 Å². The molecule has 1 aromatic carbocycles. The number of aliphatic hydroxyl groups is 1. The Labute approximate surface area is 123 Å². The number of hydrogen-bond acceptors (Lipinski definition) is 3. The lowest BCUT2D eigenvalue weighted by Gasteiger charge is -2.05. The molecule has 1 fully saturated rings. The monoisotopic (exact) mass is 297 g/mol. The molecule has 3 nitrogen and oxygen atoms in total. The lowest BCUT2D eigenvalue weighted by Crippen LogP contribution is -2.27. The summed E-state index contributed by atoms with van der Waals surface area (Å²) in [7, 11) is 0. The molecule has 0 radical (unpaired) electrons. The molecular weight excluding hydrogens is 277 g/mol. The van der Waals surface area contributed by atoms with Crippen LogP contribution >= 0.6 is 11.8 Å². The Bertz CT molecular complexity index is 455. The highest BCUT2D eigenvalue weighted by Crippen LogP contribution is 2.47. The van der Waals surface area contributed by atoms with Crippen LogP contribution in [-0.2, 0) is 4.79 Å². The van der Waals surface area contributed by atoms with Crippen LogP contribution in [0.15, 0.2) is 24.3 Å².